The predicted molar refractivity (Wildman–Crippen MR) is 75.8 cm³/mol. The van der Waals surface area contributed by atoms with E-state index in [2.05, 4.69) is 24.3 Å². The van der Waals surface area contributed by atoms with Crippen LogP contribution in [0.15, 0.2) is 18.5 Å². The first kappa shape index (κ1) is 15.9. The quantitative estimate of drug-likeness (QED) is 0.558. The molecule has 0 bridgehead atoms. The van der Waals surface area contributed by atoms with Gasteiger partial charge in [-0.05, 0) is 31.4 Å². The van der Waals surface area contributed by atoms with Crippen LogP contribution in [0.2, 0.25) is 0 Å². The molecule has 3 N–H and O–H groups in total. The van der Waals surface area contributed by atoms with E-state index in [-0.39, 0.29) is 11.6 Å². The van der Waals surface area contributed by atoms with Gasteiger partial charge in [-0.1, -0.05) is 13.8 Å². The number of nitrogens with one attached hydrogen (secondary N) is 1. The molecule has 5 nitrogen and oxygen atoms in total. The number of nitrogens with two attached hydrogens (primary N) is 1. The lowest BCUT2D eigenvalue weighted by Crippen LogP contribution is -2.47. The van der Waals surface area contributed by atoms with Crippen molar-refractivity contribution in [2.45, 2.75) is 45.3 Å². The monoisotopic (exact) mass is 267 g/mol. The largest absolute Gasteiger partial charge is 0.492 e. The van der Waals surface area contributed by atoms with Crippen LogP contribution in [-0.4, -0.2) is 24.3 Å². The molecule has 1 atom stereocenters. The first-order valence-corrected chi connectivity index (χ1v) is 6.76. The molecule has 0 fully saturated rings. The van der Waals surface area contributed by atoms with Crippen LogP contribution in [0.3, 0.4) is 0 Å². The maximum atomic E-state index is 5.74. The molecule has 1 aromatic rings. The molecular formula is C14H25N3O2. The molecule has 1 heterocycles. The number of hydrogen-bond acceptors (Lipinski definition) is 5. The number of nitrogens with zero attached hydrogens (tertiary/aromatic N) is 1. The second-order valence-electron chi connectivity index (χ2n) is 4.46. The lowest BCUT2D eigenvalue weighted by atomic mass is 9.84. The maximum absolute atomic E-state index is 5.74. The molecule has 1 aromatic heterocycles. The van der Waals surface area contributed by atoms with Crippen molar-refractivity contribution in [3.8, 4) is 5.75 Å². The van der Waals surface area contributed by atoms with Gasteiger partial charge in [-0.15, -0.1) is 0 Å². The van der Waals surface area contributed by atoms with Gasteiger partial charge in [0, 0.05) is 13.3 Å². The Bertz CT molecular complexity index is 372. The summed E-state index contributed by atoms with van der Waals surface area (Å²) in [6.45, 7) is 6.75. The fourth-order valence-corrected chi connectivity index (χ4v) is 2.46. The number of aromatic nitrogens is 1. The number of hydrogen-bond donors (Lipinski definition) is 2. The van der Waals surface area contributed by atoms with Gasteiger partial charge in [0.1, 0.15) is 5.75 Å². The van der Waals surface area contributed by atoms with Gasteiger partial charge in [0.15, 0.2) is 0 Å². The highest BCUT2D eigenvalue weighted by atomic mass is 16.5. The van der Waals surface area contributed by atoms with Crippen LogP contribution in [0.25, 0.3) is 0 Å². The standard InChI is InChI=1S/C14H25N3O2/c1-5-14(6-2,18-4)13(17-15)11-8-12(19-7-3)10-16-9-11/h8-10,13,17H,5-7,15H2,1-4H3. The summed E-state index contributed by atoms with van der Waals surface area (Å²) in [6, 6.07) is 1.83. The van der Waals surface area contributed by atoms with Crippen LogP contribution < -0.4 is 16.0 Å². The van der Waals surface area contributed by atoms with Crippen molar-refractivity contribution in [3.63, 3.8) is 0 Å². The van der Waals surface area contributed by atoms with Crippen LogP contribution in [-0.2, 0) is 4.74 Å². The van der Waals surface area contributed by atoms with Crippen LogP contribution in [0.1, 0.15) is 45.2 Å². The van der Waals surface area contributed by atoms with Gasteiger partial charge in [-0.25, -0.2) is 0 Å². The van der Waals surface area contributed by atoms with Gasteiger partial charge in [0.25, 0.3) is 0 Å². The summed E-state index contributed by atoms with van der Waals surface area (Å²) in [6.07, 6.45) is 5.21. The molecule has 0 aliphatic rings. The van der Waals surface area contributed by atoms with Crippen molar-refractivity contribution in [3.05, 3.63) is 24.0 Å². The topological polar surface area (TPSA) is 69.4 Å². The zero-order valence-electron chi connectivity index (χ0n) is 12.3. The summed E-state index contributed by atoms with van der Waals surface area (Å²) in [5.41, 5.74) is 3.49. The summed E-state index contributed by atoms with van der Waals surface area (Å²) in [7, 11) is 1.72. The summed E-state index contributed by atoms with van der Waals surface area (Å²) in [5.74, 6) is 6.49. The zero-order valence-corrected chi connectivity index (χ0v) is 12.3. The minimum absolute atomic E-state index is 0.125. The summed E-state index contributed by atoms with van der Waals surface area (Å²) in [4.78, 5) is 4.21. The fraction of sp³-hybridized carbons (Fsp3) is 0.643. The van der Waals surface area contributed by atoms with E-state index < -0.39 is 0 Å². The minimum Gasteiger partial charge on any atom is -0.492 e. The van der Waals surface area contributed by atoms with Gasteiger partial charge < -0.3 is 9.47 Å². The molecule has 1 unspecified atom stereocenters. The first-order chi connectivity index (χ1) is 9.17. The van der Waals surface area contributed by atoms with Crippen molar-refractivity contribution in [2.24, 2.45) is 5.84 Å². The van der Waals surface area contributed by atoms with Crippen LogP contribution >= 0.6 is 0 Å². The lowest BCUT2D eigenvalue weighted by Gasteiger charge is -2.38. The summed E-state index contributed by atoms with van der Waals surface area (Å²) in [5, 5.41) is 0. The van der Waals surface area contributed by atoms with Crippen LogP contribution in [0.5, 0.6) is 5.75 Å². The number of methoxy groups -OCH3 is 1. The van der Waals surface area contributed by atoms with Crippen LogP contribution in [0, 0.1) is 0 Å². The average Bonchev–Trinajstić information content (AvgIpc) is 2.45. The second kappa shape index (κ2) is 7.43. The molecule has 0 amide bonds. The van der Waals surface area contributed by atoms with E-state index in [1.807, 2.05) is 13.0 Å². The molecule has 5 heteroatoms. The van der Waals surface area contributed by atoms with E-state index in [4.69, 9.17) is 15.3 Å². The smallest absolute Gasteiger partial charge is 0.137 e. The van der Waals surface area contributed by atoms with Crippen molar-refractivity contribution < 1.29 is 9.47 Å². The van der Waals surface area contributed by atoms with Crippen molar-refractivity contribution in [1.29, 1.82) is 0 Å². The lowest BCUT2D eigenvalue weighted by molar-refractivity contribution is -0.0488. The van der Waals surface area contributed by atoms with E-state index >= 15 is 0 Å². The van der Waals surface area contributed by atoms with Gasteiger partial charge in [0.2, 0.25) is 0 Å². The van der Waals surface area contributed by atoms with Gasteiger partial charge in [-0.2, -0.15) is 0 Å². The minimum atomic E-state index is -0.346. The number of pyridine rings is 1. The van der Waals surface area contributed by atoms with Crippen molar-refractivity contribution >= 4 is 0 Å². The zero-order chi connectivity index (χ0) is 14.3. The molecule has 0 aromatic carbocycles. The Kier molecular flexibility index (Phi) is 6.21. The average molecular weight is 267 g/mol. The van der Waals surface area contributed by atoms with Gasteiger partial charge in [-0.3, -0.25) is 16.3 Å². The summed E-state index contributed by atoms with van der Waals surface area (Å²) >= 11 is 0. The molecular weight excluding hydrogens is 242 g/mol. The Labute approximate surface area is 115 Å². The van der Waals surface area contributed by atoms with E-state index in [0.717, 1.165) is 24.2 Å². The molecule has 0 radical (unpaired) electrons. The molecule has 0 saturated heterocycles. The number of ether oxygens (including phenoxy) is 2. The van der Waals surface area contributed by atoms with Crippen LogP contribution in [0.4, 0.5) is 0 Å². The Balaban J connectivity index is 3.11. The van der Waals surface area contributed by atoms with E-state index in [1.54, 1.807) is 19.5 Å². The SMILES string of the molecule is CCOc1cncc(C(NN)C(CC)(CC)OC)c1. The Hall–Kier alpha value is -1.17. The maximum Gasteiger partial charge on any atom is 0.137 e. The third kappa shape index (κ3) is 3.43. The molecule has 0 spiro atoms. The third-order valence-corrected chi connectivity index (χ3v) is 3.67. The highest BCUT2D eigenvalue weighted by molar-refractivity contribution is 5.28. The highest BCUT2D eigenvalue weighted by Crippen LogP contribution is 2.35. The molecule has 0 aliphatic heterocycles. The van der Waals surface area contributed by atoms with Crippen molar-refractivity contribution in [2.75, 3.05) is 13.7 Å². The van der Waals surface area contributed by atoms with Gasteiger partial charge >= 0.3 is 0 Å². The Morgan fingerprint density at radius 2 is 2.00 bits per heavy atom. The number of rotatable bonds is 8. The van der Waals surface area contributed by atoms with Crippen molar-refractivity contribution in [1.82, 2.24) is 10.4 Å². The normalized spacial score (nSPS) is 13.3. The molecule has 1 rings (SSSR count). The third-order valence-electron chi connectivity index (χ3n) is 3.67. The summed E-state index contributed by atoms with van der Waals surface area (Å²) < 4.78 is 11.2. The number of hydrazine groups is 1. The fourth-order valence-electron chi connectivity index (χ4n) is 2.46. The highest BCUT2D eigenvalue weighted by Gasteiger charge is 2.36. The van der Waals surface area contributed by atoms with E-state index in [0.29, 0.717) is 6.61 Å². The first-order valence-electron chi connectivity index (χ1n) is 6.76. The molecule has 108 valence electrons. The molecule has 0 aliphatic carbocycles. The van der Waals surface area contributed by atoms with E-state index in [1.165, 1.54) is 0 Å². The molecule has 19 heavy (non-hydrogen) atoms. The second-order valence-corrected chi connectivity index (χ2v) is 4.46. The van der Waals surface area contributed by atoms with Gasteiger partial charge in [0.05, 0.1) is 24.4 Å². The predicted octanol–water partition coefficient (Wildman–Crippen LogP) is 2.19. The van der Waals surface area contributed by atoms with E-state index in [9.17, 15) is 0 Å². The molecule has 0 saturated carbocycles. The Morgan fingerprint density at radius 3 is 2.47 bits per heavy atom. The Morgan fingerprint density at radius 1 is 1.32 bits per heavy atom.